The fraction of sp³-hybridized carbons (Fsp3) is 0.432. The van der Waals surface area contributed by atoms with Gasteiger partial charge in [-0.25, -0.2) is 4.57 Å². The van der Waals surface area contributed by atoms with Crippen LogP contribution in [0.3, 0.4) is 0 Å². The van der Waals surface area contributed by atoms with E-state index in [-0.39, 0.29) is 0 Å². The molecular weight excluding hydrogens is 472 g/mol. The third-order valence-electron chi connectivity index (χ3n) is 11.2. The van der Waals surface area contributed by atoms with Gasteiger partial charge >= 0.3 is 0 Å². The highest BCUT2D eigenvalue weighted by Gasteiger charge is 2.51. The Hall–Kier alpha value is -3.13. The minimum absolute atomic E-state index is 0.386. The van der Waals surface area contributed by atoms with Crippen molar-refractivity contribution < 1.29 is 4.57 Å². The van der Waals surface area contributed by atoms with Crippen LogP contribution in [0.4, 0.5) is 0 Å². The Kier molecular flexibility index (Phi) is 4.38. The molecule has 196 valence electrons. The van der Waals surface area contributed by atoms with E-state index >= 15 is 0 Å². The Morgan fingerprint density at radius 3 is 2.31 bits per heavy atom. The van der Waals surface area contributed by atoms with Gasteiger partial charge in [-0.3, -0.25) is 0 Å². The van der Waals surface area contributed by atoms with Gasteiger partial charge in [0, 0.05) is 16.8 Å². The lowest BCUT2D eigenvalue weighted by Crippen LogP contribution is -2.48. The summed E-state index contributed by atoms with van der Waals surface area (Å²) in [5.74, 6) is 3.52. The van der Waals surface area contributed by atoms with E-state index in [4.69, 9.17) is 0 Å². The molecule has 4 bridgehead atoms. The molecule has 3 heterocycles. The van der Waals surface area contributed by atoms with Crippen LogP contribution in [0.5, 0.6) is 0 Å². The number of aryl methyl sites for hydroxylation is 2. The minimum atomic E-state index is 0.386. The van der Waals surface area contributed by atoms with Crippen molar-refractivity contribution in [2.24, 2.45) is 30.7 Å². The van der Waals surface area contributed by atoms with Gasteiger partial charge in [0.05, 0.1) is 27.3 Å². The van der Waals surface area contributed by atoms with Gasteiger partial charge in [-0.1, -0.05) is 32.0 Å². The van der Waals surface area contributed by atoms with Crippen LogP contribution >= 0.6 is 0 Å². The Morgan fingerprint density at radius 2 is 1.59 bits per heavy atom. The Bertz CT molecular complexity index is 1930. The molecule has 0 N–H and O–H groups in total. The fourth-order valence-electron chi connectivity index (χ4n) is 10.1. The first-order chi connectivity index (χ1) is 18.9. The molecule has 0 radical (unpaired) electrons. The smallest absolute Gasteiger partial charge is 0.224 e. The Morgan fingerprint density at radius 1 is 0.846 bits per heavy atom. The standard InChI is InChI=1S/C37H39N2/c1-21(2)11-23-6-8-31-30(15-23)29-7-5-22(3)33-35(29)39(31)32-17-28(16-27-9-10-38(4)36(33)34(27)32)37-18-24-12-25(19-37)14-26(13-24)20-37/h5-10,15-17,21,24-26H,11-14,18-20H2,1-4H3/q+1. The monoisotopic (exact) mass is 511 g/mol. The summed E-state index contributed by atoms with van der Waals surface area (Å²) in [5, 5.41) is 7.08. The molecule has 0 saturated heterocycles. The van der Waals surface area contributed by atoms with Crippen molar-refractivity contribution in [1.29, 1.82) is 0 Å². The number of hydrogen-bond donors (Lipinski definition) is 0. The van der Waals surface area contributed by atoms with Gasteiger partial charge in [0.25, 0.3) is 0 Å². The summed E-state index contributed by atoms with van der Waals surface area (Å²) in [6.45, 7) is 6.95. The zero-order valence-corrected chi connectivity index (χ0v) is 23.8. The zero-order valence-electron chi connectivity index (χ0n) is 23.8. The third-order valence-corrected chi connectivity index (χ3v) is 11.2. The first-order valence-electron chi connectivity index (χ1n) is 15.4. The van der Waals surface area contributed by atoms with E-state index in [9.17, 15) is 0 Å². The summed E-state index contributed by atoms with van der Waals surface area (Å²) in [6, 6.07) is 19.7. The number of benzene rings is 3. The van der Waals surface area contributed by atoms with Crippen molar-refractivity contribution in [3.05, 3.63) is 71.4 Å². The lowest BCUT2D eigenvalue weighted by atomic mass is 9.48. The lowest BCUT2D eigenvalue weighted by Gasteiger charge is -2.57. The molecule has 10 rings (SSSR count). The molecule has 3 aromatic heterocycles. The average molecular weight is 512 g/mol. The summed E-state index contributed by atoms with van der Waals surface area (Å²) < 4.78 is 5.04. The van der Waals surface area contributed by atoms with Crippen molar-refractivity contribution in [2.75, 3.05) is 0 Å². The summed E-state index contributed by atoms with van der Waals surface area (Å²) in [5.41, 5.74) is 10.4. The molecule has 4 aliphatic rings. The van der Waals surface area contributed by atoms with Gasteiger partial charge in [-0.2, -0.15) is 0 Å². The van der Waals surface area contributed by atoms with Crippen LogP contribution < -0.4 is 4.57 Å². The average Bonchev–Trinajstić information content (AvgIpc) is 3.22. The molecule has 6 aromatic rings. The highest BCUT2D eigenvalue weighted by molar-refractivity contribution is 6.25. The molecule has 0 unspecified atom stereocenters. The lowest BCUT2D eigenvalue weighted by molar-refractivity contribution is -0.643. The van der Waals surface area contributed by atoms with Crippen molar-refractivity contribution in [3.63, 3.8) is 0 Å². The van der Waals surface area contributed by atoms with E-state index < -0.39 is 0 Å². The second-order valence-corrected chi connectivity index (χ2v) is 14.4. The Labute approximate surface area is 231 Å². The molecule has 39 heavy (non-hydrogen) atoms. The quantitative estimate of drug-likeness (QED) is 0.127. The number of nitrogens with zero attached hydrogens (tertiary/aromatic N) is 2. The van der Waals surface area contributed by atoms with Gasteiger partial charge in [0.15, 0.2) is 6.20 Å². The summed E-state index contributed by atoms with van der Waals surface area (Å²) >= 11 is 0. The van der Waals surface area contributed by atoms with Crippen molar-refractivity contribution in [2.45, 2.75) is 71.1 Å². The van der Waals surface area contributed by atoms with E-state index in [1.807, 2.05) is 0 Å². The number of hydrogen-bond acceptors (Lipinski definition) is 0. The van der Waals surface area contributed by atoms with Gasteiger partial charge in [-0.05, 0) is 127 Å². The molecule has 3 aromatic carbocycles. The molecule has 4 fully saturated rings. The molecule has 4 aliphatic carbocycles. The van der Waals surface area contributed by atoms with Crippen LogP contribution in [0.25, 0.3) is 49.0 Å². The maximum atomic E-state index is 2.66. The highest BCUT2D eigenvalue weighted by atomic mass is 15.0. The predicted octanol–water partition coefficient (Wildman–Crippen LogP) is 8.79. The molecule has 0 aliphatic heterocycles. The number of rotatable bonds is 3. The fourth-order valence-corrected chi connectivity index (χ4v) is 10.1. The van der Waals surface area contributed by atoms with E-state index in [0.717, 1.165) is 24.2 Å². The normalized spacial score (nSPS) is 26.5. The Balaban J connectivity index is 1.44. The van der Waals surface area contributed by atoms with Crippen LogP contribution in [-0.2, 0) is 18.9 Å². The van der Waals surface area contributed by atoms with E-state index in [1.165, 1.54) is 98.6 Å². The molecule has 0 amide bonds. The molecular formula is C37H39N2+. The summed E-state index contributed by atoms with van der Waals surface area (Å²) in [4.78, 5) is 0. The van der Waals surface area contributed by atoms with E-state index in [1.54, 1.807) is 5.56 Å². The molecule has 2 nitrogen and oxygen atoms in total. The predicted molar refractivity (Wildman–Crippen MR) is 163 cm³/mol. The van der Waals surface area contributed by atoms with Gasteiger partial charge in [-0.15, -0.1) is 0 Å². The molecule has 0 spiro atoms. The molecule has 2 heteroatoms. The topological polar surface area (TPSA) is 8.29 Å². The SMILES string of the molecule is Cc1ccc2c3cc(CC(C)C)ccc3n3c4cc(C56CC7CC(CC(C7)C5)C6)cc5cc[n+](C)c(c1c23)c54. The maximum absolute atomic E-state index is 2.66. The van der Waals surface area contributed by atoms with E-state index in [0.29, 0.717) is 11.3 Å². The largest absolute Gasteiger partial charge is 0.307 e. The van der Waals surface area contributed by atoms with Crippen LogP contribution in [0.15, 0.2) is 54.7 Å². The van der Waals surface area contributed by atoms with Gasteiger partial charge in [0.1, 0.15) is 7.05 Å². The van der Waals surface area contributed by atoms with Gasteiger partial charge in [0.2, 0.25) is 5.52 Å². The zero-order chi connectivity index (χ0) is 26.2. The number of fused-ring (bicyclic) bond motifs is 5. The first kappa shape index (κ1) is 22.7. The second kappa shape index (κ2) is 7.53. The van der Waals surface area contributed by atoms with E-state index in [2.05, 4.69) is 91.5 Å². The minimum Gasteiger partial charge on any atom is -0.307 e. The van der Waals surface area contributed by atoms with Crippen molar-refractivity contribution in [1.82, 2.24) is 4.40 Å². The van der Waals surface area contributed by atoms with Crippen LogP contribution in [0.2, 0.25) is 0 Å². The van der Waals surface area contributed by atoms with Crippen LogP contribution in [0.1, 0.15) is 69.1 Å². The van der Waals surface area contributed by atoms with Crippen LogP contribution in [-0.4, -0.2) is 4.40 Å². The highest BCUT2D eigenvalue weighted by Crippen LogP contribution is 2.61. The molecule has 4 saturated carbocycles. The second-order valence-electron chi connectivity index (χ2n) is 14.4. The molecule has 0 atom stereocenters. The first-order valence-corrected chi connectivity index (χ1v) is 15.4. The van der Waals surface area contributed by atoms with Crippen molar-refractivity contribution >= 4 is 49.0 Å². The van der Waals surface area contributed by atoms with Crippen LogP contribution in [0, 0.1) is 30.6 Å². The summed E-state index contributed by atoms with van der Waals surface area (Å²) in [6.07, 6.45) is 12.1. The van der Waals surface area contributed by atoms with Crippen molar-refractivity contribution in [3.8, 4) is 0 Å². The summed E-state index contributed by atoms with van der Waals surface area (Å²) in [7, 11) is 2.24. The maximum Gasteiger partial charge on any atom is 0.224 e. The number of pyridine rings is 2. The van der Waals surface area contributed by atoms with Gasteiger partial charge < -0.3 is 4.40 Å². The third kappa shape index (κ3) is 2.96. The number of aromatic nitrogens is 2.